The monoisotopic (exact) mass is 341 g/mol. The molecule has 2 rings (SSSR count). The number of ether oxygens (including phenoxy) is 1. The van der Waals surface area contributed by atoms with Crippen LogP contribution in [0.5, 0.6) is 5.75 Å². The SMILES string of the molecule is COc1ccc(S(=O)(=O)Nc2ccc(Cl)cc2)cc1C(=O)O. The Morgan fingerprint density at radius 2 is 1.82 bits per heavy atom. The van der Waals surface area contributed by atoms with Gasteiger partial charge in [-0.05, 0) is 42.5 Å². The van der Waals surface area contributed by atoms with Crippen molar-refractivity contribution in [2.75, 3.05) is 11.8 Å². The van der Waals surface area contributed by atoms with Crippen molar-refractivity contribution in [3.05, 3.63) is 53.1 Å². The highest BCUT2D eigenvalue weighted by Crippen LogP contribution is 2.24. The van der Waals surface area contributed by atoms with Gasteiger partial charge in [-0.1, -0.05) is 11.6 Å². The molecule has 0 amide bonds. The van der Waals surface area contributed by atoms with E-state index in [9.17, 15) is 13.2 Å². The maximum atomic E-state index is 12.3. The van der Waals surface area contributed by atoms with Crippen molar-refractivity contribution in [3.8, 4) is 5.75 Å². The van der Waals surface area contributed by atoms with E-state index < -0.39 is 16.0 Å². The average molecular weight is 342 g/mol. The summed E-state index contributed by atoms with van der Waals surface area (Å²) >= 11 is 5.73. The molecular formula is C14H12ClNO5S. The molecule has 0 aromatic heterocycles. The van der Waals surface area contributed by atoms with Crippen molar-refractivity contribution in [3.63, 3.8) is 0 Å². The number of carboxylic acid groups (broad SMARTS) is 1. The van der Waals surface area contributed by atoms with Gasteiger partial charge >= 0.3 is 5.97 Å². The van der Waals surface area contributed by atoms with Gasteiger partial charge in [-0.3, -0.25) is 4.72 Å². The van der Waals surface area contributed by atoms with Crippen LogP contribution in [0.2, 0.25) is 5.02 Å². The topological polar surface area (TPSA) is 92.7 Å². The van der Waals surface area contributed by atoms with Crippen LogP contribution in [0.1, 0.15) is 10.4 Å². The van der Waals surface area contributed by atoms with Crippen LogP contribution >= 0.6 is 11.6 Å². The van der Waals surface area contributed by atoms with Gasteiger partial charge in [-0.15, -0.1) is 0 Å². The van der Waals surface area contributed by atoms with Gasteiger partial charge in [0.2, 0.25) is 0 Å². The highest BCUT2D eigenvalue weighted by atomic mass is 35.5. The fourth-order valence-electron chi connectivity index (χ4n) is 1.75. The van der Waals surface area contributed by atoms with Crippen LogP contribution in [0.4, 0.5) is 5.69 Å². The lowest BCUT2D eigenvalue weighted by Gasteiger charge is -2.10. The third-order valence-electron chi connectivity index (χ3n) is 2.81. The second-order valence-corrected chi connectivity index (χ2v) is 6.40. The molecule has 0 unspecified atom stereocenters. The Morgan fingerprint density at radius 3 is 2.36 bits per heavy atom. The minimum Gasteiger partial charge on any atom is -0.496 e. The quantitative estimate of drug-likeness (QED) is 0.872. The zero-order valence-corrected chi connectivity index (χ0v) is 13.0. The molecule has 6 nitrogen and oxygen atoms in total. The number of carboxylic acids is 1. The Kier molecular flexibility index (Phi) is 4.58. The number of rotatable bonds is 5. The summed E-state index contributed by atoms with van der Waals surface area (Å²) in [6.07, 6.45) is 0. The van der Waals surface area contributed by atoms with Gasteiger partial charge in [0, 0.05) is 10.7 Å². The number of methoxy groups -OCH3 is 1. The summed E-state index contributed by atoms with van der Waals surface area (Å²) in [5.41, 5.74) is 0.0820. The van der Waals surface area contributed by atoms with Gasteiger partial charge in [0.1, 0.15) is 11.3 Å². The first-order valence-corrected chi connectivity index (χ1v) is 7.89. The summed E-state index contributed by atoms with van der Waals surface area (Å²) < 4.78 is 31.8. The molecule has 0 saturated carbocycles. The molecular weight excluding hydrogens is 330 g/mol. The highest BCUT2D eigenvalue weighted by molar-refractivity contribution is 7.92. The van der Waals surface area contributed by atoms with Crippen LogP contribution in [-0.2, 0) is 10.0 Å². The van der Waals surface area contributed by atoms with Gasteiger partial charge in [-0.25, -0.2) is 13.2 Å². The fourth-order valence-corrected chi connectivity index (χ4v) is 2.96. The van der Waals surface area contributed by atoms with Crippen LogP contribution in [0.3, 0.4) is 0 Å². The van der Waals surface area contributed by atoms with Crippen molar-refractivity contribution < 1.29 is 23.1 Å². The summed E-state index contributed by atoms with van der Waals surface area (Å²) in [5, 5.41) is 9.57. The first-order valence-electron chi connectivity index (χ1n) is 6.03. The molecule has 0 aliphatic carbocycles. The molecule has 22 heavy (non-hydrogen) atoms. The first-order chi connectivity index (χ1) is 10.3. The minimum atomic E-state index is -3.92. The molecule has 2 aromatic rings. The second-order valence-electron chi connectivity index (χ2n) is 4.28. The summed E-state index contributed by atoms with van der Waals surface area (Å²) in [6.45, 7) is 0. The van der Waals surface area contributed by atoms with E-state index in [1.165, 1.54) is 43.5 Å². The van der Waals surface area contributed by atoms with Gasteiger partial charge < -0.3 is 9.84 Å². The Hall–Kier alpha value is -2.25. The maximum absolute atomic E-state index is 12.3. The van der Waals surface area contributed by atoms with Gasteiger partial charge in [-0.2, -0.15) is 0 Å². The number of benzene rings is 2. The molecule has 0 bridgehead atoms. The normalized spacial score (nSPS) is 11.0. The van der Waals surface area contributed by atoms with Crippen LogP contribution in [0.15, 0.2) is 47.4 Å². The van der Waals surface area contributed by atoms with Gasteiger partial charge in [0.05, 0.1) is 12.0 Å². The third kappa shape index (κ3) is 3.49. The summed E-state index contributed by atoms with van der Waals surface area (Å²) in [5.74, 6) is -1.20. The lowest BCUT2D eigenvalue weighted by molar-refractivity contribution is 0.0693. The molecule has 0 saturated heterocycles. The molecule has 0 spiro atoms. The van der Waals surface area contributed by atoms with E-state index >= 15 is 0 Å². The number of anilines is 1. The van der Waals surface area contributed by atoms with Gasteiger partial charge in [0.15, 0.2) is 0 Å². The standard InChI is InChI=1S/C14H12ClNO5S/c1-21-13-7-6-11(8-12(13)14(17)18)22(19,20)16-10-4-2-9(15)3-5-10/h2-8,16H,1H3,(H,17,18). The second kappa shape index (κ2) is 6.25. The van der Waals surface area contributed by atoms with E-state index in [2.05, 4.69) is 4.72 Å². The van der Waals surface area contributed by atoms with Crippen LogP contribution in [-0.4, -0.2) is 26.6 Å². The predicted molar refractivity (Wildman–Crippen MR) is 82.2 cm³/mol. The minimum absolute atomic E-state index is 0.0814. The highest BCUT2D eigenvalue weighted by Gasteiger charge is 2.19. The molecule has 2 N–H and O–H groups in total. The van der Waals surface area contributed by atoms with Crippen LogP contribution < -0.4 is 9.46 Å². The Morgan fingerprint density at radius 1 is 1.18 bits per heavy atom. The van der Waals surface area contributed by atoms with Crippen LogP contribution in [0.25, 0.3) is 0 Å². The lowest BCUT2D eigenvalue weighted by Crippen LogP contribution is -2.14. The molecule has 0 atom stereocenters. The van der Waals surface area contributed by atoms with E-state index in [0.717, 1.165) is 6.07 Å². The molecule has 2 aromatic carbocycles. The number of nitrogens with one attached hydrogen (secondary N) is 1. The van der Waals surface area contributed by atoms with E-state index in [1.54, 1.807) is 0 Å². The molecule has 0 radical (unpaired) electrons. The number of halogens is 1. The van der Waals surface area contributed by atoms with Gasteiger partial charge in [0.25, 0.3) is 10.0 Å². The Labute approximate surface area is 132 Å². The average Bonchev–Trinajstić information content (AvgIpc) is 2.48. The molecule has 0 aliphatic rings. The first kappa shape index (κ1) is 16.1. The number of aromatic carboxylic acids is 1. The summed E-state index contributed by atoms with van der Waals surface area (Å²) in [6, 6.07) is 9.68. The van der Waals surface area contributed by atoms with Crippen molar-refractivity contribution in [2.24, 2.45) is 0 Å². The zero-order chi connectivity index (χ0) is 16.3. The molecule has 0 aliphatic heterocycles. The van der Waals surface area contributed by atoms with Crippen molar-refractivity contribution in [1.29, 1.82) is 0 Å². The van der Waals surface area contributed by atoms with E-state index in [1.807, 2.05) is 0 Å². The zero-order valence-electron chi connectivity index (χ0n) is 11.4. The number of hydrogen-bond acceptors (Lipinski definition) is 4. The summed E-state index contributed by atoms with van der Waals surface area (Å²) in [7, 11) is -2.61. The van der Waals surface area contributed by atoms with E-state index in [0.29, 0.717) is 10.7 Å². The fraction of sp³-hybridized carbons (Fsp3) is 0.0714. The van der Waals surface area contributed by atoms with Crippen molar-refractivity contribution in [1.82, 2.24) is 0 Å². The third-order valence-corrected chi connectivity index (χ3v) is 4.44. The summed E-state index contributed by atoms with van der Waals surface area (Å²) in [4.78, 5) is 11.0. The molecule has 0 fully saturated rings. The molecule has 116 valence electrons. The Bertz CT molecular complexity index is 802. The van der Waals surface area contributed by atoms with E-state index in [-0.39, 0.29) is 16.2 Å². The lowest BCUT2D eigenvalue weighted by atomic mass is 10.2. The van der Waals surface area contributed by atoms with Crippen molar-refractivity contribution >= 4 is 33.3 Å². The molecule has 8 heteroatoms. The number of sulfonamides is 1. The predicted octanol–water partition coefficient (Wildman–Crippen LogP) is 2.85. The van der Waals surface area contributed by atoms with E-state index in [4.69, 9.17) is 21.4 Å². The maximum Gasteiger partial charge on any atom is 0.339 e. The smallest absolute Gasteiger partial charge is 0.339 e. The number of carbonyl (C=O) groups is 1. The molecule has 0 heterocycles. The number of hydrogen-bond donors (Lipinski definition) is 2. The van der Waals surface area contributed by atoms with Crippen molar-refractivity contribution in [2.45, 2.75) is 4.90 Å². The largest absolute Gasteiger partial charge is 0.496 e. The van der Waals surface area contributed by atoms with Crippen LogP contribution in [0, 0.1) is 0 Å². The Balaban J connectivity index is 2.39.